The highest BCUT2D eigenvalue weighted by Gasteiger charge is 2.09. The molecule has 2 nitrogen and oxygen atoms in total. The number of fused-ring (bicyclic) bond motifs is 1. The number of carbonyl (C=O) groups excluding carboxylic acids is 1. The molecule has 98 valence electrons. The summed E-state index contributed by atoms with van der Waals surface area (Å²) in [5.74, 6) is -0.328. The van der Waals surface area contributed by atoms with Gasteiger partial charge in [-0.1, -0.05) is 18.2 Å². The summed E-state index contributed by atoms with van der Waals surface area (Å²) in [4.78, 5) is 12.3. The summed E-state index contributed by atoms with van der Waals surface area (Å²) in [6.07, 6.45) is 0. The molecule has 1 N–H and O–H groups in total. The van der Waals surface area contributed by atoms with Crippen molar-refractivity contribution in [3.8, 4) is 5.75 Å². The van der Waals surface area contributed by atoms with Crippen LogP contribution in [0.2, 0.25) is 0 Å². The molecule has 3 aromatic rings. The zero-order valence-electron chi connectivity index (χ0n) is 10.5. The Morgan fingerprint density at radius 2 is 1.40 bits per heavy atom. The van der Waals surface area contributed by atoms with Gasteiger partial charge in [0.1, 0.15) is 11.6 Å². The van der Waals surface area contributed by atoms with E-state index in [0.717, 1.165) is 10.8 Å². The molecule has 0 radical (unpaired) electrons. The van der Waals surface area contributed by atoms with E-state index in [0.29, 0.717) is 11.1 Å². The molecular formula is C17H11FO2. The fraction of sp³-hybridized carbons (Fsp3) is 0. The molecule has 0 unspecified atom stereocenters. The third-order valence-electron chi connectivity index (χ3n) is 3.19. The first-order valence-electron chi connectivity index (χ1n) is 6.16. The van der Waals surface area contributed by atoms with Crippen LogP contribution in [0.3, 0.4) is 0 Å². The molecule has 0 bridgehead atoms. The Morgan fingerprint density at radius 3 is 2.15 bits per heavy atom. The van der Waals surface area contributed by atoms with E-state index in [4.69, 9.17) is 0 Å². The first-order chi connectivity index (χ1) is 9.63. The number of rotatable bonds is 2. The Hall–Kier alpha value is -2.68. The fourth-order valence-electron chi connectivity index (χ4n) is 2.14. The predicted octanol–water partition coefficient (Wildman–Crippen LogP) is 3.92. The van der Waals surface area contributed by atoms with Gasteiger partial charge in [-0.3, -0.25) is 4.79 Å². The van der Waals surface area contributed by atoms with Crippen molar-refractivity contribution in [3.05, 3.63) is 77.6 Å². The molecular weight excluding hydrogens is 255 g/mol. The summed E-state index contributed by atoms with van der Waals surface area (Å²) in [5.41, 5.74) is 0.985. The number of halogens is 1. The van der Waals surface area contributed by atoms with Crippen molar-refractivity contribution in [3.63, 3.8) is 0 Å². The maximum Gasteiger partial charge on any atom is 0.193 e. The van der Waals surface area contributed by atoms with Gasteiger partial charge in [-0.15, -0.1) is 0 Å². The second-order valence-corrected chi connectivity index (χ2v) is 4.58. The van der Waals surface area contributed by atoms with Crippen molar-refractivity contribution in [1.29, 1.82) is 0 Å². The maximum atomic E-state index is 12.9. The molecule has 3 aromatic carbocycles. The number of aromatic hydroxyl groups is 1. The summed E-state index contributed by atoms with van der Waals surface area (Å²) in [7, 11) is 0. The predicted molar refractivity (Wildman–Crippen MR) is 75.4 cm³/mol. The minimum Gasteiger partial charge on any atom is -0.508 e. The molecule has 0 aliphatic heterocycles. The standard InChI is InChI=1S/C17H11FO2/c18-15-6-3-11(4-7-15)17(20)14-2-1-13-10-16(19)8-5-12(13)9-14/h1-10,19H. The van der Waals surface area contributed by atoms with E-state index in [1.54, 1.807) is 36.4 Å². The number of carbonyl (C=O) groups is 1. The van der Waals surface area contributed by atoms with E-state index in [1.165, 1.54) is 24.3 Å². The summed E-state index contributed by atoms with van der Waals surface area (Å²) >= 11 is 0. The van der Waals surface area contributed by atoms with Crippen molar-refractivity contribution in [1.82, 2.24) is 0 Å². The molecule has 20 heavy (non-hydrogen) atoms. The van der Waals surface area contributed by atoms with Gasteiger partial charge in [0.15, 0.2) is 5.78 Å². The molecule has 3 rings (SSSR count). The molecule has 0 aliphatic rings. The molecule has 0 aromatic heterocycles. The Labute approximate surface area is 115 Å². The van der Waals surface area contributed by atoms with Crippen molar-refractivity contribution >= 4 is 16.6 Å². The number of phenolic OH excluding ortho intramolecular Hbond substituents is 1. The molecule has 0 saturated heterocycles. The molecule has 0 saturated carbocycles. The van der Waals surface area contributed by atoms with Crippen molar-refractivity contribution < 1.29 is 14.3 Å². The smallest absolute Gasteiger partial charge is 0.193 e. The largest absolute Gasteiger partial charge is 0.508 e. The highest BCUT2D eigenvalue weighted by Crippen LogP contribution is 2.22. The molecule has 0 amide bonds. The fourth-order valence-corrected chi connectivity index (χ4v) is 2.14. The summed E-state index contributed by atoms with van der Waals surface area (Å²) in [6, 6.07) is 15.7. The molecule has 0 spiro atoms. The minimum atomic E-state index is -0.365. The minimum absolute atomic E-state index is 0.153. The van der Waals surface area contributed by atoms with Crippen LogP contribution in [0, 0.1) is 5.82 Å². The van der Waals surface area contributed by atoms with Crippen LogP contribution >= 0.6 is 0 Å². The monoisotopic (exact) mass is 266 g/mol. The van der Waals surface area contributed by atoms with E-state index < -0.39 is 0 Å². The van der Waals surface area contributed by atoms with Crippen LogP contribution in [-0.4, -0.2) is 10.9 Å². The Kier molecular flexibility index (Phi) is 2.95. The van der Waals surface area contributed by atoms with Crippen LogP contribution in [0.25, 0.3) is 10.8 Å². The van der Waals surface area contributed by atoms with Crippen LogP contribution in [-0.2, 0) is 0 Å². The Bertz CT molecular complexity index is 792. The average molecular weight is 266 g/mol. The van der Waals surface area contributed by atoms with Crippen molar-refractivity contribution in [2.45, 2.75) is 0 Å². The quantitative estimate of drug-likeness (QED) is 0.714. The lowest BCUT2D eigenvalue weighted by Gasteiger charge is -2.04. The van der Waals surface area contributed by atoms with Gasteiger partial charge in [0.05, 0.1) is 0 Å². The van der Waals surface area contributed by atoms with Gasteiger partial charge in [0.2, 0.25) is 0 Å². The number of phenols is 1. The van der Waals surface area contributed by atoms with E-state index in [2.05, 4.69) is 0 Å². The first kappa shape index (κ1) is 12.4. The number of benzene rings is 3. The second-order valence-electron chi connectivity index (χ2n) is 4.58. The molecule has 0 aliphatic carbocycles. The van der Waals surface area contributed by atoms with E-state index in [9.17, 15) is 14.3 Å². The summed E-state index contributed by atoms with van der Waals surface area (Å²) < 4.78 is 12.9. The van der Waals surface area contributed by atoms with Crippen molar-refractivity contribution in [2.75, 3.05) is 0 Å². The van der Waals surface area contributed by atoms with Crippen LogP contribution in [0.5, 0.6) is 5.75 Å². The highest BCUT2D eigenvalue weighted by atomic mass is 19.1. The van der Waals surface area contributed by atoms with E-state index in [1.807, 2.05) is 0 Å². The Morgan fingerprint density at radius 1 is 0.800 bits per heavy atom. The zero-order valence-corrected chi connectivity index (χ0v) is 10.5. The number of hydrogen-bond acceptors (Lipinski definition) is 2. The topological polar surface area (TPSA) is 37.3 Å². The maximum absolute atomic E-state index is 12.9. The van der Waals surface area contributed by atoms with Gasteiger partial charge in [-0.25, -0.2) is 4.39 Å². The third-order valence-corrected chi connectivity index (χ3v) is 3.19. The van der Waals surface area contributed by atoms with Crippen molar-refractivity contribution in [2.24, 2.45) is 0 Å². The second kappa shape index (κ2) is 4.78. The first-order valence-corrected chi connectivity index (χ1v) is 6.16. The summed E-state index contributed by atoms with van der Waals surface area (Å²) in [5, 5.41) is 11.1. The lowest BCUT2D eigenvalue weighted by atomic mass is 10.00. The lowest BCUT2D eigenvalue weighted by Crippen LogP contribution is -2.01. The normalized spacial score (nSPS) is 10.7. The highest BCUT2D eigenvalue weighted by molar-refractivity contribution is 6.10. The molecule has 0 heterocycles. The number of ketones is 1. The van der Waals surface area contributed by atoms with Crippen LogP contribution in [0.1, 0.15) is 15.9 Å². The molecule has 0 atom stereocenters. The van der Waals surface area contributed by atoms with Gasteiger partial charge in [-0.05, 0) is 53.2 Å². The molecule has 0 fully saturated rings. The third kappa shape index (κ3) is 2.26. The molecule has 3 heteroatoms. The average Bonchev–Trinajstić information content (AvgIpc) is 2.47. The van der Waals surface area contributed by atoms with Gasteiger partial charge >= 0.3 is 0 Å². The van der Waals surface area contributed by atoms with E-state index in [-0.39, 0.29) is 17.3 Å². The van der Waals surface area contributed by atoms with Gasteiger partial charge in [0, 0.05) is 11.1 Å². The van der Waals surface area contributed by atoms with Gasteiger partial charge < -0.3 is 5.11 Å². The SMILES string of the molecule is O=C(c1ccc(F)cc1)c1ccc2cc(O)ccc2c1. The van der Waals surface area contributed by atoms with Crippen LogP contribution < -0.4 is 0 Å². The lowest BCUT2D eigenvalue weighted by molar-refractivity contribution is 0.103. The van der Waals surface area contributed by atoms with Crippen LogP contribution in [0.15, 0.2) is 60.7 Å². The number of hydrogen-bond donors (Lipinski definition) is 1. The summed E-state index contributed by atoms with van der Waals surface area (Å²) in [6.45, 7) is 0. The van der Waals surface area contributed by atoms with E-state index >= 15 is 0 Å². The van der Waals surface area contributed by atoms with Gasteiger partial charge in [-0.2, -0.15) is 0 Å². The Balaban J connectivity index is 2.03. The van der Waals surface area contributed by atoms with Crippen LogP contribution in [0.4, 0.5) is 4.39 Å². The van der Waals surface area contributed by atoms with Gasteiger partial charge in [0.25, 0.3) is 0 Å². The zero-order chi connectivity index (χ0) is 14.1.